The molecular weight excluding hydrogens is 321 g/mol. The van der Waals surface area contributed by atoms with Gasteiger partial charge in [0.15, 0.2) is 0 Å². The molecule has 0 aliphatic rings. The van der Waals surface area contributed by atoms with Crippen LogP contribution in [0.5, 0.6) is 0 Å². The monoisotopic (exact) mass is 333 g/mol. The van der Waals surface area contributed by atoms with Gasteiger partial charge in [-0.15, -0.1) is 0 Å². The van der Waals surface area contributed by atoms with Crippen molar-refractivity contribution in [3.8, 4) is 0 Å². The molecule has 1 aromatic carbocycles. The van der Waals surface area contributed by atoms with Gasteiger partial charge in [-0.3, -0.25) is 9.59 Å². The molecule has 0 aliphatic carbocycles. The van der Waals surface area contributed by atoms with Crippen LogP contribution in [0, 0.1) is 8.99 Å². The van der Waals surface area contributed by atoms with E-state index < -0.39 is 17.3 Å². The summed E-state index contributed by atoms with van der Waals surface area (Å²) in [5.41, 5.74) is -0.826. The second-order valence-corrected chi connectivity index (χ2v) is 5.14. The first kappa shape index (κ1) is 13.0. The third kappa shape index (κ3) is 2.94. The lowest BCUT2D eigenvalue weighted by Gasteiger charge is -2.18. The molecule has 0 unspecified atom stereocenters. The van der Waals surface area contributed by atoms with Crippen molar-refractivity contribution in [3.63, 3.8) is 0 Å². The van der Waals surface area contributed by atoms with E-state index in [9.17, 15) is 9.59 Å². The molecule has 0 aliphatic heterocycles. The Morgan fingerprint density at radius 2 is 2.00 bits per heavy atom. The zero-order valence-electron chi connectivity index (χ0n) is 8.95. The topological polar surface area (TPSA) is 66.4 Å². The second-order valence-electron chi connectivity index (χ2n) is 3.89. The van der Waals surface area contributed by atoms with E-state index in [1.807, 2.05) is 6.07 Å². The molecule has 16 heavy (non-hydrogen) atoms. The lowest BCUT2D eigenvalue weighted by atomic mass is 9.92. The molecule has 0 aromatic heterocycles. The highest BCUT2D eigenvalue weighted by Gasteiger charge is 2.35. The van der Waals surface area contributed by atoms with Crippen LogP contribution in [0.15, 0.2) is 24.3 Å². The summed E-state index contributed by atoms with van der Waals surface area (Å²) in [6, 6.07) is 7.18. The van der Waals surface area contributed by atoms with Crippen molar-refractivity contribution >= 4 is 40.2 Å². The van der Waals surface area contributed by atoms with Crippen LogP contribution in [0.2, 0.25) is 0 Å². The van der Waals surface area contributed by atoms with E-state index in [0.29, 0.717) is 5.69 Å². The molecule has 1 aromatic rings. The predicted molar refractivity (Wildman–Crippen MR) is 69.2 cm³/mol. The van der Waals surface area contributed by atoms with Gasteiger partial charge >= 0.3 is 5.97 Å². The van der Waals surface area contributed by atoms with E-state index in [1.54, 1.807) is 18.2 Å². The van der Waals surface area contributed by atoms with Crippen LogP contribution >= 0.6 is 22.6 Å². The summed E-state index contributed by atoms with van der Waals surface area (Å²) in [5.74, 6) is -1.67. The van der Waals surface area contributed by atoms with Crippen molar-refractivity contribution in [2.75, 3.05) is 5.32 Å². The van der Waals surface area contributed by atoms with Crippen LogP contribution in [0.1, 0.15) is 13.8 Å². The number of carbonyl (C=O) groups is 2. The number of rotatable bonds is 3. The van der Waals surface area contributed by atoms with Crippen LogP contribution in [-0.4, -0.2) is 17.0 Å². The maximum absolute atomic E-state index is 11.7. The molecule has 5 heteroatoms. The van der Waals surface area contributed by atoms with Crippen molar-refractivity contribution in [3.05, 3.63) is 27.8 Å². The molecule has 1 rings (SSSR count). The summed E-state index contributed by atoms with van der Waals surface area (Å²) in [7, 11) is 0. The fourth-order valence-electron chi connectivity index (χ4n) is 0.951. The Hall–Kier alpha value is -1.11. The number of nitrogens with one attached hydrogen (secondary N) is 1. The van der Waals surface area contributed by atoms with Gasteiger partial charge in [-0.2, -0.15) is 0 Å². The largest absolute Gasteiger partial charge is 0.480 e. The van der Waals surface area contributed by atoms with E-state index in [2.05, 4.69) is 27.9 Å². The van der Waals surface area contributed by atoms with Gasteiger partial charge in [0.05, 0.1) is 0 Å². The molecule has 0 fully saturated rings. The molecule has 0 heterocycles. The molecule has 0 saturated heterocycles. The maximum Gasteiger partial charge on any atom is 0.318 e. The standard InChI is InChI=1S/C11H12INO3/c1-11(2,10(15)16)9(14)13-8-5-3-4-7(12)6-8/h3-6H,1-2H3,(H,13,14)(H,15,16). The minimum atomic E-state index is -1.43. The number of hydrogen-bond donors (Lipinski definition) is 2. The Labute approximate surface area is 107 Å². The number of carboxylic acids is 1. The Kier molecular flexibility index (Phi) is 3.90. The van der Waals surface area contributed by atoms with E-state index in [-0.39, 0.29) is 0 Å². The fourth-order valence-corrected chi connectivity index (χ4v) is 1.49. The Bertz CT molecular complexity index is 429. The van der Waals surface area contributed by atoms with Crippen LogP contribution in [0.3, 0.4) is 0 Å². The average Bonchev–Trinajstić information content (AvgIpc) is 2.17. The smallest absolute Gasteiger partial charge is 0.318 e. The van der Waals surface area contributed by atoms with Gasteiger partial charge in [-0.05, 0) is 54.6 Å². The van der Waals surface area contributed by atoms with Gasteiger partial charge in [0.1, 0.15) is 5.41 Å². The number of hydrogen-bond acceptors (Lipinski definition) is 2. The summed E-state index contributed by atoms with van der Waals surface area (Å²) < 4.78 is 0.975. The van der Waals surface area contributed by atoms with Gasteiger partial charge in [-0.25, -0.2) is 0 Å². The zero-order chi connectivity index (χ0) is 12.3. The molecule has 0 spiro atoms. The molecule has 1 amide bonds. The van der Waals surface area contributed by atoms with Crippen LogP contribution < -0.4 is 5.32 Å². The number of benzene rings is 1. The first-order chi connectivity index (χ1) is 7.34. The fraction of sp³-hybridized carbons (Fsp3) is 0.273. The van der Waals surface area contributed by atoms with Crippen LogP contribution in [0.4, 0.5) is 5.69 Å². The average molecular weight is 333 g/mol. The molecule has 0 saturated carbocycles. The van der Waals surface area contributed by atoms with Gasteiger partial charge < -0.3 is 10.4 Å². The predicted octanol–water partition coefficient (Wildman–Crippen LogP) is 2.34. The molecule has 2 N–H and O–H groups in total. The van der Waals surface area contributed by atoms with Crippen molar-refractivity contribution in [2.45, 2.75) is 13.8 Å². The molecular formula is C11H12INO3. The summed E-state index contributed by atoms with van der Waals surface area (Å²) in [5, 5.41) is 11.5. The van der Waals surface area contributed by atoms with Crippen molar-refractivity contribution in [2.24, 2.45) is 5.41 Å². The first-order valence-electron chi connectivity index (χ1n) is 4.64. The van der Waals surface area contributed by atoms with E-state index in [4.69, 9.17) is 5.11 Å². The third-order valence-corrected chi connectivity index (χ3v) is 2.86. The number of anilines is 1. The molecule has 0 atom stereocenters. The minimum absolute atomic E-state index is 0.526. The summed E-state index contributed by atoms with van der Waals surface area (Å²) in [6.45, 7) is 2.75. The molecule has 0 bridgehead atoms. The van der Waals surface area contributed by atoms with E-state index in [0.717, 1.165) is 3.57 Å². The summed E-state index contributed by atoms with van der Waals surface area (Å²) >= 11 is 2.12. The van der Waals surface area contributed by atoms with Crippen LogP contribution in [-0.2, 0) is 9.59 Å². The van der Waals surface area contributed by atoms with Gasteiger partial charge in [0, 0.05) is 9.26 Å². The first-order valence-corrected chi connectivity index (χ1v) is 5.72. The van der Waals surface area contributed by atoms with Gasteiger partial charge in [0.2, 0.25) is 5.91 Å². The van der Waals surface area contributed by atoms with Crippen molar-refractivity contribution < 1.29 is 14.7 Å². The van der Waals surface area contributed by atoms with E-state index >= 15 is 0 Å². The normalized spacial score (nSPS) is 10.9. The minimum Gasteiger partial charge on any atom is -0.480 e. The Morgan fingerprint density at radius 3 is 2.50 bits per heavy atom. The molecule has 0 radical (unpaired) electrons. The van der Waals surface area contributed by atoms with Crippen LogP contribution in [0.25, 0.3) is 0 Å². The highest BCUT2D eigenvalue weighted by Crippen LogP contribution is 2.19. The van der Waals surface area contributed by atoms with Gasteiger partial charge in [-0.1, -0.05) is 6.07 Å². The zero-order valence-corrected chi connectivity index (χ0v) is 11.1. The molecule has 86 valence electrons. The summed E-state index contributed by atoms with van der Waals surface area (Å²) in [6.07, 6.45) is 0. The highest BCUT2D eigenvalue weighted by atomic mass is 127. The van der Waals surface area contributed by atoms with Crippen molar-refractivity contribution in [1.29, 1.82) is 0 Å². The third-order valence-electron chi connectivity index (χ3n) is 2.18. The Morgan fingerprint density at radius 1 is 1.38 bits per heavy atom. The summed E-state index contributed by atoms with van der Waals surface area (Å²) in [4.78, 5) is 22.5. The van der Waals surface area contributed by atoms with E-state index in [1.165, 1.54) is 13.8 Å². The second kappa shape index (κ2) is 4.82. The van der Waals surface area contributed by atoms with Crippen molar-refractivity contribution in [1.82, 2.24) is 0 Å². The molecule has 4 nitrogen and oxygen atoms in total. The quantitative estimate of drug-likeness (QED) is 0.659. The number of halogens is 1. The number of carboxylic acid groups (broad SMARTS) is 1. The highest BCUT2D eigenvalue weighted by molar-refractivity contribution is 14.1. The number of aliphatic carboxylic acids is 1. The number of amides is 1. The maximum atomic E-state index is 11.7. The SMILES string of the molecule is CC(C)(C(=O)O)C(=O)Nc1cccc(I)c1. The Balaban J connectivity index is 2.83. The van der Waals surface area contributed by atoms with Gasteiger partial charge in [0.25, 0.3) is 0 Å². The lowest BCUT2D eigenvalue weighted by molar-refractivity contribution is -0.151. The number of carbonyl (C=O) groups excluding carboxylic acids is 1. The lowest BCUT2D eigenvalue weighted by Crippen LogP contribution is -2.37.